The molecule has 0 spiro atoms. The van der Waals surface area contributed by atoms with Crippen molar-refractivity contribution >= 4 is 23.8 Å². The standard InChI is InChI=1S/C12H17N3O5/c16-8-3-2-7(9(17)15-8)14-11(20)13-6-12(10(18)19)4-1-5-12/h7H,1-6H2,(H,18,19)(H2,13,14,20)(H,15,16,17). The minimum atomic E-state index is -0.912. The molecular formula is C12H17N3O5. The molecule has 0 radical (unpaired) electrons. The second kappa shape index (κ2) is 5.48. The molecular weight excluding hydrogens is 266 g/mol. The number of carbonyl (C=O) groups is 4. The summed E-state index contributed by atoms with van der Waals surface area (Å²) in [5, 5.41) is 16.2. The molecule has 0 aromatic rings. The Bertz CT molecular complexity index is 458. The van der Waals surface area contributed by atoms with Gasteiger partial charge in [-0.1, -0.05) is 6.42 Å². The number of carboxylic acid groups (broad SMARTS) is 1. The number of aliphatic carboxylic acids is 1. The molecule has 1 aliphatic carbocycles. The number of hydrogen-bond donors (Lipinski definition) is 4. The Kier molecular flexibility index (Phi) is 3.91. The molecule has 1 saturated heterocycles. The van der Waals surface area contributed by atoms with Crippen LogP contribution in [0, 0.1) is 5.41 Å². The molecule has 0 aromatic heterocycles. The SMILES string of the molecule is O=C1CCC(NC(=O)NCC2(C(=O)O)CCC2)C(=O)N1. The van der Waals surface area contributed by atoms with Crippen LogP contribution in [0.25, 0.3) is 0 Å². The maximum Gasteiger partial charge on any atom is 0.315 e. The Balaban J connectivity index is 1.79. The predicted octanol–water partition coefficient (Wildman–Crippen LogP) is -0.654. The molecule has 2 rings (SSSR count). The van der Waals surface area contributed by atoms with E-state index < -0.39 is 29.4 Å². The molecule has 2 aliphatic rings. The van der Waals surface area contributed by atoms with E-state index in [1.807, 2.05) is 0 Å². The summed E-state index contributed by atoms with van der Waals surface area (Å²) in [5.41, 5.74) is -0.873. The fourth-order valence-electron chi connectivity index (χ4n) is 2.36. The summed E-state index contributed by atoms with van der Waals surface area (Å²) < 4.78 is 0. The molecule has 1 aliphatic heterocycles. The molecule has 0 bridgehead atoms. The van der Waals surface area contributed by atoms with Gasteiger partial charge in [0, 0.05) is 13.0 Å². The van der Waals surface area contributed by atoms with Crippen molar-refractivity contribution in [2.24, 2.45) is 5.41 Å². The van der Waals surface area contributed by atoms with Crippen molar-refractivity contribution in [3.8, 4) is 0 Å². The van der Waals surface area contributed by atoms with Gasteiger partial charge in [0.15, 0.2) is 0 Å². The van der Waals surface area contributed by atoms with Crippen LogP contribution in [0.3, 0.4) is 0 Å². The highest BCUT2D eigenvalue weighted by Crippen LogP contribution is 2.40. The summed E-state index contributed by atoms with van der Waals surface area (Å²) in [4.78, 5) is 45.2. The van der Waals surface area contributed by atoms with Gasteiger partial charge in [0.25, 0.3) is 0 Å². The molecule has 2 fully saturated rings. The van der Waals surface area contributed by atoms with Gasteiger partial charge in [-0.2, -0.15) is 0 Å². The molecule has 20 heavy (non-hydrogen) atoms. The molecule has 1 unspecified atom stereocenters. The van der Waals surface area contributed by atoms with Crippen molar-refractivity contribution in [1.29, 1.82) is 0 Å². The normalized spacial score (nSPS) is 24.3. The first-order chi connectivity index (χ1) is 9.43. The topological polar surface area (TPSA) is 125 Å². The van der Waals surface area contributed by atoms with E-state index >= 15 is 0 Å². The van der Waals surface area contributed by atoms with E-state index in [-0.39, 0.29) is 25.3 Å². The maximum absolute atomic E-state index is 11.7. The lowest BCUT2D eigenvalue weighted by atomic mass is 9.69. The van der Waals surface area contributed by atoms with E-state index in [0.29, 0.717) is 12.8 Å². The number of carboxylic acids is 1. The Morgan fingerprint density at radius 2 is 2.05 bits per heavy atom. The van der Waals surface area contributed by atoms with E-state index in [9.17, 15) is 19.2 Å². The lowest BCUT2D eigenvalue weighted by Gasteiger charge is -2.37. The van der Waals surface area contributed by atoms with Crippen LogP contribution in [0.2, 0.25) is 0 Å². The zero-order chi connectivity index (χ0) is 14.8. The first-order valence-electron chi connectivity index (χ1n) is 6.54. The Morgan fingerprint density at radius 1 is 1.35 bits per heavy atom. The van der Waals surface area contributed by atoms with Crippen LogP contribution in [-0.2, 0) is 14.4 Å². The number of amides is 4. The highest BCUT2D eigenvalue weighted by molar-refractivity contribution is 6.01. The van der Waals surface area contributed by atoms with Gasteiger partial charge < -0.3 is 15.7 Å². The number of rotatable bonds is 4. The molecule has 4 amide bonds. The van der Waals surface area contributed by atoms with Crippen molar-refractivity contribution < 1.29 is 24.3 Å². The van der Waals surface area contributed by atoms with Crippen molar-refractivity contribution in [3.63, 3.8) is 0 Å². The Morgan fingerprint density at radius 3 is 2.55 bits per heavy atom. The number of nitrogens with one attached hydrogen (secondary N) is 3. The third-order valence-electron chi connectivity index (χ3n) is 3.90. The lowest BCUT2D eigenvalue weighted by molar-refractivity contribution is -0.153. The highest BCUT2D eigenvalue weighted by atomic mass is 16.4. The first-order valence-corrected chi connectivity index (χ1v) is 6.54. The zero-order valence-electron chi connectivity index (χ0n) is 10.9. The van der Waals surface area contributed by atoms with Gasteiger partial charge in [0.1, 0.15) is 6.04 Å². The summed E-state index contributed by atoms with van der Waals surface area (Å²) in [6, 6.07) is -1.35. The van der Waals surface area contributed by atoms with Gasteiger partial charge in [0.2, 0.25) is 11.8 Å². The van der Waals surface area contributed by atoms with Crippen LogP contribution in [0.1, 0.15) is 32.1 Å². The minimum Gasteiger partial charge on any atom is -0.481 e. The quantitative estimate of drug-likeness (QED) is 0.510. The van der Waals surface area contributed by atoms with E-state index in [4.69, 9.17) is 5.11 Å². The number of hydrogen-bond acceptors (Lipinski definition) is 4. The van der Waals surface area contributed by atoms with Crippen LogP contribution in [-0.4, -0.2) is 41.5 Å². The van der Waals surface area contributed by atoms with Crippen molar-refractivity contribution in [1.82, 2.24) is 16.0 Å². The predicted molar refractivity (Wildman–Crippen MR) is 66.6 cm³/mol. The van der Waals surface area contributed by atoms with Crippen molar-refractivity contribution in [2.75, 3.05) is 6.54 Å². The van der Waals surface area contributed by atoms with Crippen molar-refractivity contribution in [2.45, 2.75) is 38.1 Å². The average molecular weight is 283 g/mol. The van der Waals surface area contributed by atoms with Crippen LogP contribution in [0.5, 0.6) is 0 Å². The van der Waals surface area contributed by atoms with Crippen LogP contribution < -0.4 is 16.0 Å². The zero-order valence-corrected chi connectivity index (χ0v) is 10.9. The van der Waals surface area contributed by atoms with E-state index in [2.05, 4.69) is 16.0 Å². The fraction of sp³-hybridized carbons (Fsp3) is 0.667. The van der Waals surface area contributed by atoms with Crippen LogP contribution >= 0.6 is 0 Å². The third kappa shape index (κ3) is 2.89. The summed E-state index contributed by atoms with van der Waals surface area (Å²) in [6.45, 7) is 0.0431. The number of piperidine rings is 1. The minimum absolute atomic E-state index is 0.0431. The molecule has 1 heterocycles. The van der Waals surface area contributed by atoms with Gasteiger partial charge in [-0.3, -0.25) is 19.7 Å². The van der Waals surface area contributed by atoms with Gasteiger partial charge in [0.05, 0.1) is 5.41 Å². The van der Waals surface area contributed by atoms with Gasteiger partial charge >= 0.3 is 12.0 Å². The summed E-state index contributed by atoms with van der Waals surface area (Å²) in [5.74, 6) is -1.80. The molecule has 8 nitrogen and oxygen atoms in total. The molecule has 1 saturated carbocycles. The first kappa shape index (κ1) is 14.3. The third-order valence-corrected chi connectivity index (χ3v) is 3.90. The van der Waals surface area contributed by atoms with E-state index in [1.54, 1.807) is 0 Å². The number of imide groups is 1. The molecule has 4 N–H and O–H groups in total. The van der Waals surface area contributed by atoms with Crippen LogP contribution in [0.15, 0.2) is 0 Å². The van der Waals surface area contributed by atoms with Crippen LogP contribution in [0.4, 0.5) is 4.79 Å². The fourth-order valence-corrected chi connectivity index (χ4v) is 2.36. The largest absolute Gasteiger partial charge is 0.481 e. The lowest BCUT2D eigenvalue weighted by Crippen LogP contribution is -2.56. The molecule has 110 valence electrons. The average Bonchev–Trinajstić information content (AvgIpc) is 2.31. The van der Waals surface area contributed by atoms with Gasteiger partial charge in [-0.05, 0) is 19.3 Å². The summed E-state index contributed by atoms with van der Waals surface area (Å²) in [7, 11) is 0. The number of urea groups is 1. The summed E-state index contributed by atoms with van der Waals surface area (Å²) in [6.07, 6.45) is 2.35. The Hall–Kier alpha value is -2.12. The Labute approximate surface area is 115 Å². The molecule has 0 aromatic carbocycles. The van der Waals surface area contributed by atoms with Gasteiger partial charge in [-0.15, -0.1) is 0 Å². The summed E-state index contributed by atoms with van der Waals surface area (Å²) >= 11 is 0. The maximum atomic E-state index is 11.7. The van der Waals surface area contributed by atoms with Gasteiger partial charge in [-0.25, -0.2) is 4.79 Å². The molecule has 8 heteroatoms. The highest BCUT2D eigenvalue weighted by Gasteiger charge is 2.44. The smallest absolute Gasteiger partial charge is 0.315 e. The number of carbonyl (C=O) groups excluding carboxylic acids is 3. The van der Waals surface area contributed by atoms with E-state index in [1.165, 1.54) is 0 Å². The van der Waals surface area contributed by atoms with E-state index in [0.717, 1.165) is 6.42 Å². The monoisotopic (exact) mass is 283 g/mol. The molecule has 1 atom stereocenters. The second-order valence-electron chi connectivity index (χ2n) is 5.27. The van der Waals surface area contributed by atoms with Crippen molar-refractivity contribution in [3.05, 3.63) is 0 Å². The second-order valence-corrected chi connectivity index (χ2v) is 5.27.